The van der Waals surface area contributed by atoms with Crippen LogP contribution in [0.15, 0.2) is 32.1 Å². The highest BCUT2D eigenvalue weighted by Crippen LogP contribution is 2.28. The predicted octanol–water partition coefficient (Wildman–Crippen LogP) is 2.30. The quantitative estimate of drug-likeness (QED) is 0.733. The van der Waals surface area contributed by atoms with Gasteiger partial charge in [-0.25, -0.2) is 8.42 Å². The highest BCUT2D eigenvalue weighted by molar-refractivity contribution is 9.10. The average molecular weight is 436 g/mol. The van der Waals surface area contributed by atoms with Gasteiger partial charge in [-0.3, -0.25) is 4.90 Å². The summed E-state index contributed by atoms with van der Waals surface area (Å²) in [5.41, 5.74) is 0. The molecule has 24 heavy (non-hydrogen) atoms. The van der Waals surface area contributed by atoms with Crippen LogP contribution in [0.2, 0.25) is 5.02 Å². The summed E-state index contributed by atoms with van der Waals surface area (Å²) >= 11 is 9.38. The summed E-state index contributed by atoms with van der Waals surface area (Å²) in [4.78, 5) is 6.38. The van der Waals surface area contributed by atoms with Gasteiger partial charge in [-0.05, 0) is 25.1 Å². The van der Waals surface area contributed by atoms with Gasteiger partial charge >= 0.3 is 0 Å². The highest BCUT2D eigenvalue weighted by Gasteiger charge is 2.30. The van der Waals surface area contributed by atoms with E-state index in [0.717, 1.165) is 4.47 Å². The molecule has 0 bridgehead atoms. The van der Waals surface area contributed by atoms with E-state index in [0.29, 0.717) is 44.4 Å². The zero-order valence-electron chi connectivity index (χ0n) is 12.9. The maximum absolute atomic E-state index is 12.8. The molecular weight excluding hydrogens is 420 g/mol. The standard InChI is InChI=1S/C14H16BrClN4O3S/c1-10-17-14(23-18-10)9-19-4-6-20(7-5-19)24(21,22)13-3-2-11(15)8-12(13)16/h2-3,8H,4-7,9H2,1H3. The fourth-order valence-corrected chi connectivity index (χ4v) is 4.98. The molecule has 0 aliphatic carbocycles. The Balaban J connectivity index is 1.67. The number of benzene rings is 1. The van der Waals surface area contributed by atoms with Crippen LogP contribution >= 0.6 is 27.5 Å². The first-order valence-electron chi connectivity index (χ1n) is 7.33. The van der Waals surface area contributed by atoms with E-state index in [1.54, 1.807) is 19.1 Å². The van der Waals surface area contributed by atoms with Crippen LogP contribution in [0.25, 0.3) is 0 Å². The SMILES string of the molecule is Cc1noc(CN2CCN(S(=O)(=O)c3ccc(Br)cc3Cl)CC2)n1. The van der Waals surface area contributed by atoms with Crippen LogP contribution in [0, 0.1) is 6.92 Å². The second-order valence-corrected chi connectivity index (χ2v) is 8.72. The van der Waals surface area contributed by atoms with Crippen molar-refractivity contribution in [2.75, 3.05) is 26.2 Å². The molecular formula is C14H16BrClN4O3S. The van der Waals surface area contributed by atoms with Crippen molar-refractivity contribution in [1.29, 1.82) is 0 Å². The lowest BCUT2D eigenvalue weighted by atomic mass is 10.3. The van der Waals surface area contributed by atoms with Crippen molar-refractivity contribution >= 4 is 37.6 Å². The summed E-state index contributed by atoms with van der Waals surface area (Å²) in [5, 5.41) is 3.97. The Morgan fingerprint density at radius 1 is 1.29 bits per heavy atom. The number of halogens is 2. The van der Waals surface area contributed by atoms with Crippen molar-refractivity contribution in [3.8, 4) is 0 Å². The molecule has 3 rings (SSSR count). The predicted molar refractivity (Wildman–Crippen MR) is 92.2 cm³/mol. The first-order chi connectivity index (χ1) is 11.4. The molecule has 1 saturated heterocycles. The van der Waals surface area contributed by atoms with Gasteiger partial charge in [0.1, 0.15) is 4.90 Å². The Morgan fingerprint density at radius 3 is 2.58 bits per heavy atom. The van der Waals surface area contributed by atoms with E-state index in [1.807, 2.05) is 0 Å². The van der Waals surface area contributed by atoms with Crippen LogP contribution in [-0.2, 0) is 16.6 Å². The summed E-state index contributed by atoms with van der Waals surface area (Å²) in [7, 11) is -3.60. The van der Waals surface area contributed by atoms with E-state index in [4.69, 9.17) is 16.1 Å². The molecule has 2 heterocycles. The molecule has 2 aromatic rings. The molecule has 1 aliphatic heterocycles. The zero-order valence-corrected chi connectivity index (χ0v) is 16.1. The smallest absolute Gasteiger partial charge is 0.244 e. The molecule has 0 spiro atoms. The van der Waals surface area contributed by atoms with Gasteiger partial charge in [0.2, 0.25) is 15.9 Å². The molecule has 130 valence electrons. The van der Waals surface area contributed by atoms with Gasteiger partial charge in [0.25, 0.3) is 0 Å². The van der Waals surface area contributed by atoms with Crippen molar-refractivity contribution in [2.45, 2.75) is 18.4 Å². The number of aromatic nitrogens is 2. The molecule has 1 fully saturated rings. The topological polar surface area (TPSA) is 79.5 Å². The average Bonchev–Trinajstić information content (AvgIpc) is 2.92. The molecule has 0 N–H and O–H groups in total. The summed E-state index contributed by atoms with van der Waals surface area (Å²) < 4.78 is 32.8. The van der Waals surface area contributed by atoms with Gasteiger partial charge in [0.15, 0.2) is 5.82 Å². The van der Waals surface area contributed by atoms with Crippen molar-refractivity contribution in [1.82, 2.24) is 19.3 Å². The third-order valence-electron chi connectivity index (χ3n) is 3.77. The molecule has 1 aromatic carbocycles. The number of sulfonamides is 1. The Hall–Kier alpha value is -1.00. The fraction of sp³-hybridized carbons (Fsp3) is 0.429. The van der Waals surface area contributed by atoms with Crippen molar-refractivity contribution in [3.05, 3.63) is 39.4 Å². The van der Waals surface area contributed by atoms with Crippen molar-refractivity contribution in [2.24, 2.45) is 0 Å². The molecule has 0 atom stereocenters. The third kappa shape index (κ3) is 3.80. The Kier molecular flexibility index (Phi) is 5.26. The normalized spacial score (nSPS) is 17.3. The minimum absolute atomic E-state index is 0.133. The van der Waals surface area contributed by atoms with E-state index in [2.05, 4.69) is 31.0 Å². The van der Waals surface area contributed by atoms with E-state index in [-0.39, 0.29) is 9.92 Å². The number of rotatable bonds is 4. The van der Waals surface area contributed by atoms with E-state index in [1.165, 1.54) is 10.4 Å². The van der Waals surface area contributed by atoms with Gasteiger partial charge in [0, 0.05) is 30.7 Å². The first-order valence-corrected chi connectivity index (χ1v) is 9.94. The number of hydrogen-bond donors (Lipinski definition) is 0. The van der Waals surface area contributed by atoms with E-state index >= 15 is 0 Å². The summed E-state index contributed by atoms with van der Waals surface area (Å²) in [5.74, 6) is 1.14. The lowest BCUT2D eigenvalue weighted by Gasteiger charge is -2.33. The van der Waals surface area contributed by atoms with Gasteiger partial charge in [-0.15, -0.1) is 0 Å². The first kappa shape index (κ1) is 17.8. The molecule has 0 saturated carbocycles. The minimum atomic E-state index is -3.60. The van der Waals surface area contributed by atoms with Crippen LogP contribution in [0.3, 0.4) is 0 Å². The Bertz CT molecular complexity index is 834. The van der Waals surface area contributed by atoms with Gasteiger partial charge in [-0.1, -0.05) is 32.7 Å². The van der Waals surface area contributed by atoms with Gasteiger partial charge in [-0.2, -0.15) is 9.29 Å². The fourth-order valence-electron chi connectivity index (χ4n) is 2.55. The second-order valence-electron chi connectivity index (χ2n) is 5.49. The molecule has 10 heteroatoms. The lowest BCUT2D eigenvalue weighted by Crippen LogP contribution is -2.48. The molecule has 7 nitrogen and oxygen atoms in total. The van der Waals surface area contributed by atoms with E-state index < -0.39 is 10.0 Å². The van der Waals surface area contributed by atoms with Crippen LogP contribution < -0.4 is 0 Å². The van der Waals surface area contributed by atoms with Crippen LogP contribution in [-0.4, -0.2) is 53.9 Å². The minimum Gasteiger partial charge on any atom is -0.338 e. The monoisotopic (exact) mass is 434 g/mol. The Labute approximate surface area is 153 Å². The number of piperazine rings is 1. The van der Waals surface area contributed by atoms with Crippen LogP contribution in [0.1, 0.15) is 11.7 Å². The summed E-state index contributed by atoms with van der Waals surface area (Å²) in [6, 6.07) is 4.78. The third-order valence-corrected chi connectivity index (χ3v) is 6.65. The van der Waals surface area contributed by atoms with Crippen molar-refractivity contribution in [3.63, 3.8) is 0 Å². The summed E-state index contributed by atoms with van der Waals surface area (Å²) in [6.07, 6.45) is 0. The second kappa shape index (κ2) is 7.09. The number of hydrogen-bond acceptors (Lipinski definition) is 6. The molecule has 1 aromatic heterocycles. The number of aryl methyl sites for hydroxylation is 1. The molecule has 1 aliphatic rings. The maximum atomic E-state index is 12.8. The van der Waals surface area contributed by atoms with Crippen molar-refractivity contribution < 1.29 is 12.9 Å². The molecule has 0 radical (unpaired) electrons. The number of nitrogens with zero attached hydrogens (tertiary/aromatic N) is 4. The van der Waals surface area contributed by atoms with Crippen LogP contribution in [0.4, 0.5) is 0 Å². The Morgan fingerprint density at radius 2 is 2.00 bits per heavy atom. The molecule has 0 unspecified atom stereocenters. The maximum Gasteiger partial charge on any atom is 0.244 e. The zero-order chi connectivity index (χ0) is 17.3. The summed E-state index contributed by atoms with van der Waals surface area (Å²) in [6.45, 7) is 4.25. The van der Waals surface area contributed by atoms with Gasteiger partial charge in [0.05, 0.1) is 11.6 Å². The largest absolute Gasteiger partial charge is 0.338 e. The van der Waals surface area contributed by atoms with Gasteiger partial charge < -0.3 is 4.52 Å². The highest BCUT2D eigenvalue weighted by atomic mass is 79.9. The van der Waals surface area contributed by atoms with Crippen LogP contribution in [0.5, 0.6) is 0 Å². The van der Waals surface area contributed by atoms with E-state index in [9.17, 15) is 8.42 Å². The lowest BCUT2D eigenvalue weighted by molar-refractivity contribution is 0.163. The molecule has 0 amide bonds.